The van der Waals surface area contributed by atoms with Crippen LogP contribution >= 0.6 is 0 Å². The molecule has 8 bridgehead atoms. The Morgan fingerprint density at radius 3 is 1.78 bits per heavy atom. The minimum Gasteiger partial charge on any atom is -0.481 e. The van der Waals surface area contributed by atoms with Crippen molar-refractivity contribution in [3.63, 3.8) is 0 Å². The Bertz CT molecular complexity index is 3760. The molecular weight excluding hydrogens is 879 g/mol. The summed E-state index contributed by atoms with van der Waals surface area (Å²) in [6, 6.07) is 49.8. The molecule has 1 aliphatic rings. The van der Waals surface area contributed by atoms with Crippen LogP contribution in [0.15, 0.2) is 152 Å². The van der Waals surface area contributed by atoms with E-state index in [1.165, 1.54) is 33.0 Å². The number of hydrogen-bond acceptors (Lipinski definition) is 4. The van der Waals surface area contributed by atoms with Gasteiger partial charge in [-0.15, -0.1) is 0 Å². The summed E-state index contributed by atoms with van der Waals surface area (Å²) in [5, 5.41) is 2.40. The normalized spacial score (nSPS) is 13.9. The number of fused-ring (bicyclic) bond motifs is 16. The molecule has 0 fully saturated rings. The lowest BCUT2D eigenvalue weighted by Gasteiger charge is -2.31. The first kappa shape index (κ1) is 47.0. The lowest BCUT2D eigenvalue weighted by molar-refractivity contribution is 0.109. The number of pyridine rings is 2. The van der Waals surface area contributed by atoms with Crippen LogP contribution in [0, 0.1) is 0 Å². The molecule has 11 rings (SSSR count). The van der Waals surface area contributed by atoms with Gasteiger partial charge in [0.25, 0.3) is 0 Å². The van der Waals surface area contributed by atoms with Crippen LogP contribution in [0.3, 0.4) is 0 Å². The second-order valence-corrected chi connectivity index (χ2v) is 24.7. The fraction of sp³-hybridized carbons (Fsp3) is 0.288. The van der Waals surface area contributed by atoms with Crippen molar-refractivity contribution in [2.45, 2.75) is 124 Å². The van der Waals surface area contributed by atoms with E-state index in [1.807, 2.05) is 18.6 Å². The Morgan fingerprint density at radius 2 is 1.07 bits per heavy atom. The van der Waals surface area contributed by atoms with Crippen LogP contribution in [0.2, 0.25) is 0 Å². The number of para-hydroxylation sites is 3. The molecule has 0 radical (unpaired) electrons. The standard InChI is InChI=1S/C66H67N5O/c1-62(2,3)43-30-41-29-42(31-43)55-32-40(25-28-68-55)51-21-17-22-53-52-19-15-16-23-56(52)70(60(51)53)48-35-46(65(10,11)12)34-47(38-48)66(13,14)72-58-39-67-27-26-54(58)61-69-59-50(41)20-18-24-57(59)71(61)49-36-44(63(4,5)6)33-45(37-49)64(7,8)9/h15-39H,1-14H3. The molecule has 0 aliphatic carbocycles. The number of ether oxygens (including phenoxy) is 1. The van der Waals surface area contributed by atoms with E-state index < -0.39 is 5.60 Å². The lowest BCUT2D eigenvalue weighted by atomic mass is 9.80. The van der Waals surface area contributed by atoms with Gasteiger partial charge in [-0.3, -0.25) is 14.5 Å². The highest BCUT2D eigenvalue weighted by atomic mass is 16.5. The first-order chi connectivity index (χ1) is 33.9. The number of benzene rings is 6. The van der Waals surface area contributed by atoms with Crippen LogP contribution in [-0.4, -0.2) is 24.1 Å². The predicted molar refractivity (Wildman–Crippen MR) is 301 cm³/mol. The van der Waals surface area contributed by atoms with Gasteiger partial charge in [0.15, 0.2) is 0 Å². The van der Waals surface area contributed by atoms with Crippen molar-refractivity contribution < 1.29 is 4.74 Å². The maximum atomic E-state index is 7.47. The summed E-state index contributed by atoms with van der Waals surface area (Å²) in [7, 11) is 0. The van der Waals surface area contributed by atoms with Crippen molar-refractivity contribution in [1.82, 2.24) is 24.1 Å². The zero-order chi connectivity index (χ0) is 50.9. The second kappa shape index (κ2) is 16.4. The van der Waals surface area contributed by atoms with E-state index in [-0.39, 0.29) is 21.7 Å². The molecule has 6 aromatic carbocycles. The number of hydrogen-bond donors (Lipinski definition) is 0. The van der Waals surface area contributed by atoms with Crippen molar-refractivity contribution in [2.24, 2.45) is 0 Å². The molecule has 4 aromatic heterocycles. The van der Waals surface area contributed by atoms with E-state index in [4.69, 9.17) is 19.7 Å². The number of rotatable bonds is 1. The third-order valence-electron chi connectivity index (χ3n) is 14.9. The zero-order valence-corrected chi connectivity index (χ0v) is 44.6. The Labute approximate surface area is 425 Å². The van der Waals surface area contributed by atoms with Crippen LogP contribution in [0.25, 0.3) is 89.1 Å². The molecule has 362 valence electrons. The van der Waals surface area contributed by atoms with Gasteiger partial charge in [0.1, 0.15) is 17.2 Å². The monoisotopic (exact) mass is 946 g/mol. The smallest absolute Gasteiger partial charge is 0.149 e. The quantitative estimate of drug-likeness (QED) is 0.165. The first-order valence-electron chi connectivity index (χ1n) is 25.6. The van der Waals surface area contributed by atoms with Gasteiger partial charge < -0.3 is 9.30 Å². The third-order valence-corrected chi connectivity index (χ3v) is 14.9. The molecule has 10 aromatic rings. The molecule has 0 unspecified atom stereocenters. The highest BCUT2D eigenvalue weighted by Gasteiger charge is 2.31. The van der Waals surface area contributed by atoms with Crippen molar-refractivity contribution in [2.75, 3.05) is 0 Å². The predicted octanol–water partition coefficient (Wildman–Crippen LogP) is 17.4. The van der Waals surface area contributed by atoms with Gasteiger partial charge in [-0.05, 0) is 141 Å². The second-order valence-electron chi connectivity index (χ2n) is 24.7. The molecule has 0 atom stereocenters. The van der Waals surface area contributed by atoms with Crippen LogP contribution in [-0.2, 0) is 27.3 Å². The molecule has 6 heteroatoms. The largest absolute Gasteiger partial charge is 0.481 e. The summed E-state index contributed by atoms with van der Waals surface area (Å²) in [5.41, 5.74) is 18.2. The van der Waals surface area contributed by atoms with Gasteiger partial charge in [-0.2, -0.15) is 0 Å². The molecule has 1 aliphatic heterocycles. The van der Waals surface area contributed by atoms with Crippen LogP contribution < -0.4 is 4.74 Å². The summed E-state index contributed by atoms with van der Waals surface area (Å²) < 4.78 is 12.3. The summed E-state index contributed by atoms with van der Waals surface area (Å²) in [6.07, 6.45) is 5.71. The molecular formula is C66H67N5O. The van der Waals surface area contributed by atoms with Crippen LogP contribution in [0.5, 0.6) is 5.75 Å². The average Bonchev–Trinajstić information content (AvgIpc) is 3.89. The third kappa shape index (κ3) is 8.09. The molecule has 0 saturated carbocycles. The molecule has 5 heterocycles. The first-order valence-corrected chi connectivity index (χ1v) is 25.6. The van der Waals surface area contributed by atoms with Gasteiger partial charge in [0, 0.05) is 51.2 Å². The van der Waals surface area contributed by atoms with Crippen molar-refractivity contribution in [1.29, 1.82) is 0 Å². The fourth-order valence-corrected chi connectivity index (χ4v) is 10.5. The SMILES string of the molecule is CC(C)(C)c1cc2cc(c1)-c1cccc3c1nc(n3-c1cc(C(C)(C)C)cc(C(C)(C)C)c1)-c1ccncc1OC(C)(C)c1cc(cc(C(C)(C)C)c1)-n1c3ccccc3c3cccc(c31)-c1ccnc-2c1. The Kier molecular flexibility index (Phi) is 10.7. The van der Waals surface area contributed by atoms with E-state index in [1.54, 1.807) is 0 Å². The average molecular weight is 946 g/mol. The summed E-state index contributed by atoms with van der Waals surface area (Å²) >= 11 is 0. The summed E-state index contributed by atoms with van der Waals surface area (Å²) in [6.45, 7) is 31.9. The molecule has 0 amide bonds. The van der Waals surface area contributed by atoms with Crippen molar-refractivity contribution >= 4 is 32.8 Å². The lowest BCUT2D eigenvalue weighted by Crippen LogP contribution is -2.27. The molecule has 72 heavy (non-hydrogen) atoms. The van der Waals surface area contributed by atoms with E-state index in [9.17, 15) is 0 Å². The van der Waals surface area contributed by atoms with Crippen LogP contribution in [0.4, 0.5) is 0 Å². The van der Waals surface area contributed by atoms with Crippen molar-refractivity contribution in [3.8, 4) is 62.0 Å². The van der Waals surface area contributed by atoms with E-state index in [0.717, 1.165) is 83.9 Å². The van der Waals surface area contributed by atoms with Gasteiger partial charge in [0.05, 0.1) is 39.5 Å². The highest BCUT2D eigenvalue weighted by Crippen LogP contribution is 2.45. The van der Waals surface area contributed by atoms with Crippen molar-refractivity contribution in [3.05, 3.63) is 180 Å². The van der Waals surface area contributed by atoms with E-state index >= 15 is 0 Å². The highest BCUT2D eigenvalue weighted by molar-refractivity contribution is 6.14. The van der Waals surface area contributed by atoms with Gasteiger partial charge in [-0.1, -0.05) is 150 Å². The minimum atomic E-state index is -0.826. The Hall–Kier alpha value is -7.31. The zero-order valence-electron chi connectivity index (χ0n) is 44.6. The Balaban J connectivity index is 1.29. The van der Waals surface area contributed by atoms with Gasteiger partial charge in [-0.25, -0.2) is 4.98 Å². The maximum Gasteiger partial charge on any atom is 0.149 e. The van der Waals surface area contributed by atoms with Gasteiger partial charge in [0.2, 0.25) is 0 Å². The summed E-state index contributed by atoms with van der Waals surface area (Å²) in [4.78, 5) is 15.7. The van der Waals surface area contributed by atoms with E-state index in [0.29, 0.717) is 5.75 Å². The topological polar surface area (TPSA) is 57.8 Å². The minimum absolute atomic E-state index is 0.107. The van der Waals surface area contributed by atoms with Gasteiger partial charge >= 0.3 is 0 Å². The molecule has 0 N–H and O–H groups in total. The number of aromatic nitrogens is 5. The molecule has 0 saturated heterocycles. The maximum absolute atomic E-state index is 7.47. The molecule has 0 spiro atoms. The Morgan fingerprint density at radius 1 is 0.472 bits per heavy atom. The molecule has 6 nitrogen and oxygen atoms in total. The van der Waals surface area contributed by atoms with E-state index in [2.05, 4.69) is 240 Å². The number of nitrogens with zero attached hydrogens (tertiary/aromatic N) is 5. The van der Waals surface area contributed by atoms with Crippen LogP contribution in [0.1, 0.15) is 125 Å². The summed E-state index contributed by atoms with van der Waals surface area (Å²) in [5.74, 6) is 1.44. The number of imidazole rings is 1. The fourth-order valence-electron chi connectivity index (χ4n) is 10.5.